The van der Waals surface area contributed by atoms with Gasteiger partial charge in [0.1, 0.15) is 0 Å². The Morgan fingerprint density at radius 2 is 2.17 bits per heavy atom. The van der Waals surface area contributed by atoms with Gasteiger partial charge < -0.3 is 10.6 Å². The van der Waals surface area contributed by atoms with Crippen molar-refractivity contribution < 1.29 is 18.4 Å². The first-order valence-electron chi connectivity index (χ1n) is 7.61. The van der Waals surface area contributed by atoms with Crippen molar-refractivity contribution in [2.45, 2.75) is 25.3 Å². The topological polar surface area (TPSA) is 76.0 Å². The van der Waals surface area contributed by atoms with Gasteiger partial charge in [0.05, 0.1) is 5.69 Å². The van der Waals surface area contributed by atoms with E-state index in [2.05, 4.69) is 15.7 Å². The molecule has 0 unspecified atom stereocenters. The molecule has 0 radical (unpaired) electrons. The molecule has 0 saturated carbocycles. The molecule has 1 saturated heterocycles. The second-order valence-electron chi connectivity index (χ2n) is 5.61. The number of amides is 2. The monoisotopic (exact) mass is 334 g/mol. The van der Waals surface area contributed by atoms with Crippen molar-refractivity contribution in [2.75, 3.05) is 6.54 Å². The third-order valence-electron chi connectivity index (χ3n) is 3.82. The van der Waals surface area contributed by atoms with E-state index >= 15 is 0 Å². The highest BCUT2D eigenvalue weighted by molar-refractivity contribution is 5.92. The second kappa shape index (κ2) is 6.77. The van der Waals surface area contributed by atoms with Crippen molar-refractivity contribution in [1.82, 2.24) is 20.4 Å². The normalized spacial score (nSPS) is 17.4. The van der Waals surface area contributed by atoms with Crippen molar-refractivity contribution in [3.8, 4) is 5.69 Å². The molecule has 1 aliphatic rings. The molecule has 0 spiro atoms. The first kappa shape index (κ1) is 16.1. The van der Waals surface area contributed by atoms with E-state index in [1.165, 1.54) is 23.0 Å². The summed E-state index contributed by atoms with van der Waals surface area (Å²) >= 11 is 0. The molecule has 1 aromatic carbocycles. The van der Waals surface area contributed by atoms with Crippen molar-refractivity contribution >= 4 is 11.8 Å². The molecular weight excluding hydrogens is 318 g/mol. The SMILES string of the molecule is O=C1CCC[C@H](CNC(=O)c2ccn(-c3ccc(F)c(F)c3)n2)N1. The lowest BCUT2D eigenvalue weighted by Gasteiger charge is -2.23. The average molecular weight is 334 g/mol. The molecule has 1 aliphatic heterocycles. The summed E-state index contributed by atoms with van der Waals surface area (Å²) in [5.74, 6) is -2.33. The fourth-order valence-electron chi connectivity index (χ4n) is 2.56. The minimum absolute atomic E-state index is 0.0110. The summed E-state index contributed by atoms with van der Waals surface area (Å²) in [5, 5.41) is 9.58. The molecule has 0 bridgehead atoms. The van der Waals surface area contributed by atoms with Crippen LogP contribution in [0.1, 0.15) is 29.8 Å². The highest BCUT2D eigenvalue weighted by Crippen LogP contribution is 2.13. The first-order chi connectivity index (χ1) is 11.5. The van der Waals surface area contributed by atoms with Gasteiger partial charge in [0.25, 0.3) is 5.91 Å². The molecule has 1 fully saturated rings. The molecule has 1 atom stereocenters. The van der Waals surface area contributed by atoms with Crippen LogP contribution >= 0.6 is 0 Å². The Hall–Kier alpha value is -2.77. The maximum Gasteiger partial charge on any atom is 0.271 e. The van der Waals surface area contributed by atoms with E-state index in [9.17, 15) is 18.4 Å². The first-order valence-corrected chi connectivity index (χ1v) is 7.61. The Balaban J connectivity index is 1.63. The summed E-state index contributed by atoms with van der Waals surface area (Å²) < 4.78 is 27.5. The van der Waals surface area contributed by atoms with E-state index < -0.39 is 17.5 Å². The largest absolute Gasteiger partial charge is 0.352 e. The molecule has 0 aliphatic carbocycles. The van der Waals surface area contributed by atoms with Crippen LogP contribution in [0.5, 0.6) is 0 Å². The number of halogens is 2. The number of piperidine rings is 1. The Labute approximate surface area is 136 Å². The van der Waals surface area contributed by atoms with Gasteiger partial charge in [-0.05, 0) is 31.0 Å². The quantitative estimate of drug-likeness (QED) is 0.891. The number of hydrogen-bond acceptors (Lipinski definition) is 3. The predicted octanol–water partition coefficient (Wildman–Crippen LogP) is 1.55. The van der Waals surface area contributed by atoms with Crippen LogP contribution in [0.3, 0.4) is 0 Å². The van der Waals surface area contributed by atoms with E-state index in [-0.39, 0.29) is 17.6 Å². The number of nitrogens with zero attached hydrogens (tertiary/aromatic N) is 2. The van der Waals surface area contributed by atoms with E-state index in [4.69, 9.17) is 0 Å². The van der Waals surface area contributed by atoms with Crippen molar-refractivity contribution in [2.24, 2.45) is 0 Å². The summed E-state index contributed by atoms with van der Waals surface area (Å²) in [6.45, 7) is 0.322. The van der Waals surface area contributed by atoms with Gasteiger partial charge in [-0.3, -0.25) is 9.59 Å². The van der Waals surface area contributed by atoms with Crippen LogP contribution in [0.2, 0.25) is 0 Å². The van der Waals surface area contributed by atoms with Crippen LogP contribution in [-0.4, -0.2) is 34.2 Å². The van der Waals surface area contributed by atoms with E-state index in [0.29, 0.717) is 18.7 Å². The molecule has 1 aromatic heterocycles. The zero-order valence-corrected chi connectivity index (χ0v) is 12.8. The molecule has 2 N–H and O–H groups in total. The lowest BCUT2D eigenvalue weighted by molar-refractivity contribution is -0.123. The van der Waals surface area contributed by atoms with Gasteiger partial charge in [0.2, 0.25) is 5.91 Å². The Kier molecular flexibility index (Phi) is 4.54. The Bertz CT molecular complexity index is 775. The minimum Gasteiger partial charge on any atom is -0.352 e. The highest BCUT2D eigenvalue weighted by atomic mass is 19.2. The van der Waals surface area contributed by atoms with E-state index in [1.807, 2.05) is 0 Å². The number of aromatic nitrogens is 2. The summed E-state index contributed by atoms with van der Waals surface area (Å²) in [4.78, 5) is 23.4. The number of rotatable bonds is 4. The Morgan fingerprint density at radius 1 is 1.33 bits per heavy atom. The molecule has 8 heteroatoms. The second-order valence-corrected chi connectivity index (χ2v) is 5.61. The zero-order chi connectivity index (χ0) is 17.1. The summed E-state index contributed by atoms with van der Waals surface area (Å²) in [6, 6.07) is 4.77. The van der Waals surface area contributed by atoms with Crippen LogP contribution in [0.15, 0.2) is 30.5 Å². The van der Waals surface area contributed by atoms with Gasteiger partial charge in [0, 0.05) is 31.3 Å². The number of carbonyl (C=O) groups excluding carboxylic acids is 2. The standard InChI is InChI=1S/C16H16F2N4O2/c17-12-5-4-11(8-13(12)18)22-7-6-14(21-22)16(24)19-9-10-2-1-3-15(23)20-10/h4-8,10H,1-3,9H2,(H,19,24)(H,20,23)/t10-/m1/s1. The van der Waals surface area contributed by atoms with Crippen LogP contribution in [0.4, 0.5) is 8.78 Å². The summed E-state index contributed by atoms with van der Waals surface area (Å²) in [5.41, 5.74) is 0.467. The van der Waals surface area contributed by atoms with Crippen LogP contribution in [0.25, 0.3) is 5.69 Å². The molecule has 2 aromatic rings. The molecule has 126 valence electrons. The van der Waals surface area contributed by atoms with Gasteiger partial charge in [-0.2, -0.15) is 5.10 Å². The molecule has 2 amide bonds. The molecule has 3 rings (SSSR count). The number of nitrogens with one attached hydrogen (secondary N) is 2. The fourth-order valence-corrected chi connectivity index (χ4v) is 2.56. The highest BCUT2D eigenvalue weighted by Gasteiger charge is 2.19. The molecule has 24 heavy (non-hydrogen) atoms. The lowest BCUT2D eigenvalue weighted by atomic mass is 10.0. The third kappa shape index (κ3) is 3.58. The van der Waals surface area contributed by atoms with Crippen LogP contribution in [0, 0.1) is 11.6 Å². The molecular formula is C16H16F2N4O2. The van der Waals surface area contributed by atoms with Crippen molar-refractivity contribution in [3.63, 3.8) is 0 Å². The fraction of sp³-hybridized carbons (Fsp3) is 0.312. The van der Waals surface area contributed by atoms with E-state index in [0.717, 1.165) is 25.0 Å². The maximum absolute atomic E-state index is 13.3. The summed E-state index contributed by atoms with van der Waals surface area (Å²) in [7, 11) is 0. The summed E-state index contributed by atoms with van der Waals surface area (Å²) in [6.07, 6.45) is 3.62. The maximum atomic E-state index is 13.3. The van der Waals surface area contributed by atoms with Gasteiger partial charge in [-0.1, -0.05) is 0 Å². The van der Waals surface area contributed by atoms with Gasteiger partial charge in [-0.25, -0.2) is 13.5 Å². The number of benzene rings is 1. The van der Waals surface area contributed by atoms with E-state index in [1.54, 1.807) is 0 Å². The predicted molar refractivity (Wildman–Crippen MR) is 81.6 cm³/mol. The van der Waals surface area contributed by atoms with Crippen LogP contribution < -0.4 is 10.6 Å². The average Bonchev–Trinajstić information content (AvgIpc) is 3.05. The minimum atomic E-state index is -0.984. The molecule has 6 nitrogen and oxygen atoms in total. The van der Waals surface area contributed by atoms with Crippen molar-refractivity contribution in [3.05, 3.63) is 47.8 Å². The molecule has 2 heterocycles. The van der Waals surface area contributed by atoms with Gasteiger partial charge in [-0.15, -0.1) is 0 Å². The lowest BCUT2D eigenvalue weighted by Crippen LogP contribution is -2.46. The van der Waals surface area contributed by atoms with Gasteiger partial charge >= 0.3 is 0 Å². The van der Waals surface area contributed by atoms with Crippen LogP contribution in [-0.2, 0) is 4.79 Å². The number of carbonyl (C=O) groups is 2. The third-order valence-corrected chi connectivity index (χ3v) is 3.82. The van der Waals surface area contributed by atoms with Gasteiger partial charge in [0.15, 0.2) is 17.3 Å². The Morgan fingerprint density at radius 3 is 2.92 bits per heavy atom. The number of hydrogen-bond donors (Lipinski definition) is 2. The smallest absolute Gasteiger partial charge is 0.271 e. The van der Waals surface area contributed by atoms with Crippen molar-refractivity contribution in [1.29, 1.82) is 0 Å². The zero-order valence-electron chi connectivity index (χ0n) is 12.8.